The van der Waals surface area contributed by atoms with Gasteiger partial charge in [-0.15, -0.1) is 21.5 Å². The lowest BCUT2D eigenvalue weighted by molar-refractivity contribution is 0.0598. The van der Waals surface area contributed by atoms with Gasteiger partial charge in [0.25, 0.3) is 0 Å². The van der Waals surface area contributed by atoms with Gasteiger partial charge in [0, 0.05) is 11.4 Å². The zero-order chi connectivity index (χ0) is 16.8. The predicted octanol–water partition coefficient (Wildman–Crippen LogP) is 3.93. The summed E-state index contributed by atoms with van der Waals surface area (Å²) in [5.74, 6) is 0.683. The molecule has 126 valence electrons. The van der Waals surface area contributed by atoms with E-state index >= 15 is 0 Å². The highest BCUT2D eigenvalue weighted by atomic mass is 32.2. The van der Waals surface area contributed by atoms with Crippen LogP contribution in [-0.4, -0.2) is 29.8 Å². The summed E-state index contributed by atoms with van der Waals surface area (Å²) >= 11 is 4.72. The van der Waals surface area contributed by atoms with Gasteiger partial charge in [0.2, 0.25) is 5.13 Å². The topological polar surface area (TPSA) is 77.2 Å². The Morgan fingerprint density at radius 3 is 3.12 bits per heavy atom. The minimum Gasteiger partial charge on any atom is -0.468 e. The van der Waals surface area contributed by atoms with Crippen molar-refractivity contribution in [2.45, 2.75) is 16.5 Å². The lowest BCUT2D eigenvalue weighted by atomic mass is 10.3. The molecule has 3 aromatic rings. The number of hydrogen-bond donors (Lipinski definition) is 1. The Bertz CT molecular complexity index is 783. The van der Waals surface area contributed by atoms with Crippen molar-refractivity contribution >= 4 is 45.5 Å². The van der Waals surface area contributed by atoms with E-state index in [0.717, 1.165) is 22.4 Å². The highest BCUT2D eigenvalue weighted by Gasteiger charge is 2.16. The molecule has 0 radical (unpaired) electrons. The van der Waals surface area contributed by atoms with Crippen molar-refractivity contribution in [3.05, 3.63) is 46.0 Å². The van der Waals surface area contributed by atoms with Gasteiger partial charge in [0.05, 0.1) is 19.1 Å². The summed E-state index contributed by atoms with van der Waals surface area (Å²) in [7, 11) is 1.35. The molecule has 0 saturated carbocycles. The lowest BCUT2D eigenvalue weighted by Gasteiger charge is -1.99. The number of carbonyl (C=O) groups is 1. The van der Waals surface area contributed by atoms with Crippen LogP contribution in [0.4, 0.5) is 5.13 Å². The summed E-state index contributed by atoms with van der Waals surface area (Å²) in [5.41, 5.74) is 0.448. The fourth-order valence-electron chi connectivity index (χ4n) is 1.96. The first-order valence-electron chi connectivity index (χ1n) is 7.13. The second-order valence-corrected chi connectivity index (χ2v) is 7.90. The maximum atomic E-state index is 11.6. The van der Waals surface area contributed by atoms with Crippen molar-refractivity contribution in [1.29, 1.82) is 0 Å². The molecule has 24 heavy (non-hydrogen) atoms. The quantitative estimate of drug-likeness (QED) is 0.468. The number of rotatable bonds is 8. The number of hydrogen-bond acceptors (Lipinski definition) is 9. The summed E-state index contributed by atoms with van der Waals surface area (Å²) in [6, 6.07) is 5.78. The van der Waals surface area contributed by atoms with Crippen LogP contribution in [0, 0.1) is 0 Å². The molecule has 0 amide bonds. The molecule has 3 rings (SSSR count). The van der Waals surface area contributed by atoms with E-state index in [0.29, 0.717) is 17.1 Å². The first kappa shape index (κ1) is 17.0. The van der Waals surface area contributed by atoms with Crippen LogP contribution >= 0.6 is 34.4 Å². The number of nitrogens with zero attached hydrogens (tertiary/aromatic N) is 2. The number of nitrogens with one attached hydrogen (secondary N) is 1. The molecule has 0 bridgehead atoms. The monoisotopic (exact) mass is 381 g/mol. The number of ether oxygens (including phenoxy) is 1. The third kappa shape index (κ3) is 4.37. The van der Waals surface area contributed by atoms with E-state index in [1.165, 1.54) is 41.3 Å². The molecule has 1 N–H and O–H groups in total. The van der Waals surface area contributed by atoms with Gasteiger partial charge in [-0.25, -0.2) is 4.79 Å². The van der Waals surface area contributed by atoms with Gasteiger partial charge < -0.3 is 14.5 Å². The largest absolute Gasteiger partial charge is 0.468 e. The number of carbonyl (C=O) groups excluding carboxylic acids is 1. The van der Waals surface area contributed by atoms with Crippen molar-refractivity contribution in [2.24, 2.45) is 0 Å². The molecule has 0 spiro atoms. The van der Waals surface area contributed by atoms with Crippen LogP contribution in [0.3, 0.4) is 0 Å². The van der Waals surface area contributed by atoms with Crippen LogP contribution in [0.2, 0.25) is 0 Å². The van der Waals surface area contributed by atoms with Crippen LogP contribution in [0.25, 0.3) is 0 Å². The lowest BCUT2D eigenvalue weighted by Crippen LogP contribution is -2.03. The normalized spacial score (nSPS) is 10.7. The Morgan fingerprint density at radius 2 is 2.33 bits per heavy atom. The fourth-order valence-corrected chi connectivity index (χ4v) is 4.40. The third-order valence-corrected chi connectivity index (χ3v) is 6.06. The Hall–Kier alpha value is -1.84. The summed E-state index contributed by atoms with van der Waals surface area (Å²) in [4.78, 5) is 12.9. The second kappa shape index (κ2) is 8.32. The molecular weight excluding hydrogens is 366 g/mol. The minimum atomic E-state index is -0.396. The van der Waals surface area contributed by atoms with Crippen molar-refractivity contribution in [3.63, 3.8) is 0 Å². The molecule has 0 unspecified atom stereocenters. The standard InChI is InChI=1S/C15H15N3O3S3/c1-20-13(19)11-5-7-21-12(11)9-23-15-18-17-14(24-15)16-6-4-10-3-2-8-22-10/h2-3,5,7-8H,4,6,9H2,1H3,(H,16,17). The summed E-state index contributed by atoms with van der Waals surface area (Å²) in [5, 5.41) is 14.4. The average Bonchev–Trinajstić information content (AvgIpc) is 3.34. The van der Waals surface area contributed by atoms with Crippen molar-refractivity contribution in [1.82, 2.24) is 10.2 Å². The zero-order valence-corrected chi connectivity index (χ0v) is 15.3. The van der Waals surface area contributed by atoms with Gasteiger partial charge in [0.1, 0.15) is 11.3 Å². The summed E-state index contributed by atoms with van der Waals surface area (Å²) in [6.07, 6.45) is 2.45. The van der Waals surface area contributed by atoms with Gasteiger partial charge in [-0.3, -0.25) is 0 Å². The maximum absolute atomic E-state index is 11.6. The van der Waals surface area contributed by atoms with Crippen LogP contribution in [-0.2, 0) is 16.9 Å². The second-order valence-electron chi connectivity index (χ2n) is 4.67. The number of methoxy groups -OCH3 is 1. The Labute approximate surface area is 151 Å². The third-order valence-electron chi connectivity index (χ3n) is 3.11. The zero-order valence-electron chi connectivity index (χ0n) is 12.9. The molecule has 0 saturated heterocycles. The molecule has 9 heteroatoms. The highest BCUT2D eigenvalue weighted by molar-refractivity contribution is 8.00. The van der Waals surface area contributed by atoms with Crippen LogP contribution in [0.5, 0.6) is 0 Å². The van der Waals surface area contributed by atoms with Crippen molar-refractivity contribution in [2.75, 3.05) is 19.0 Å². The number of thiophene rings is 1. The number of aromatic nitrogens is 2. The molecule has 0 aromatic carbocycles. The minimum absolute atomic E-state index is 0.396. The van der Waals surface area contributed by atoms with Gasteiger partial charge in [-0.05, 0) is 23.9 Å². The molecule has 6 nitrogen and oxygen atoms in total. The van der Waals surface area contributed by atoms with E-state index in [1.807, 2.05) is 0 Å². The number of anilines is 1. The van der Waals surface area contributed by atoms with E-state index in [1.54, 1.807) is 17.4 Å². The first-order valence-corrected chi connectivity index (χ1v) is 9.81. The fraction of sp³-hybridized carbons (Fsp3) is 0.267. The number of thioether (sulfide) groups is 1. The van der Waals surface area contributed by atoms with Crippen LogP contribution < -0.4 is 5.32 Å². The van der Waals surface area contributed by atoms with Crippen molar-refractivity contribution in [3.8, 4) is 0 Å². The first-order chi connectivity index (χ1) is 11.8. The molecule has 0 atom stereocenters. The molecule has 0 fully saturated rings. The van der Waals surface area contributed by atoms with Crippen LogP contribution in [0.15, 0.2) is 38.6 Å². The SMILES string of the molecule is COC(=O)c1ccoc1CSc1nnc(NCCc2cccs2)s1. The number of furan rings is 1. The molecule has 0 aliphatic heterocycles. The average molecular weight is 382 g/mol. The Kier molecular flexibility index (Phi) is 5.89. The van der Waals surface area contributed by atoms with E-state index in [9.17, 15) is 4.79 Å². The summed E-state index contributed by atoms with van der Waals surface area (Å²) in [6.45, 7) is 0.824. The van der Waals surface area contributed by atoms with Gasteiger partial charge >= 0.3 is 5.97 Å². The Balaban J connectivity index is 1.49. The maximum Gasteiger partial charge on any atom is 0.341 e. The molecule has 3 heterocycles. The Morgan fingerprint density at radius 1 is 1.42 bits per heavy atom. The van der Waals surface area contributed by atoms with Gasteiger partial charge in [0.15, 0.2) is 4.34 Å². The van der Waals surface area contributed by atoms with E-state index in [4.69, 9.17) is 9.15 Å². The predicted molar refractivity (Wildman–Crippen MR) is 96.0 cm³/mol. The summed E-state index contributed by atoms with van der Waals surface area (Å²) < 4.78 is 10.9. The molecule has 0 aliphatic carbocycles. The van der Waals surface area contributed by atoms with Crippen LogP contribution in [0.1, 0.15) is 21.0 Å². The van der Waals surface area contributed by atoms with E-state index in [2.05, 4.69) is 33.0 Å². The molecule has 0 aliphatic rings. The highest BCUT2D eigenvalue weighted by Crippen LogP contribution is 2.29. The van der Waals surface area contributed by atoms with E-state index in [-0.39, 0.29) is 0 Å². The van der Waals surface area contributed by atoms with Gasteiger partial charge in [-0.1, -0.05) is 29.2 Å². The smallest absolute Gasteiger partial charge is 0.341 e. The van der Waals surface area contributed by atoms with E-state index < -0.39 is 5.97 Å². The number of esters is 1. The molecule has 3 aromatic heterocycles. The van der Waals surface area contributed by atoms with Gasteiger partial charge in [-0.2, -0.15) is 0 Å². The molecular formula is C15H15N3O3S3. The van der Waals surface area contributed by atoms with Crippen molar-refractivity contribution < 1.29 is 13.9 Å².